The second kappa shape index (κ2) is 7.42. The van der Waals surface area contributed by atoms with Crippen molar-refractivity contribution in [2.24, 2.45) is 0 Å². The van der Waals surface area contributed by atoms with Crippen molar-refractivity contribution < 1.29 is 18.7 Å². The Morgan fingerprint density at radius 1 is 1.32 bits per heavy atom. The molecule has 132 valence electrons. The van der Waals surface area contributed by atoms with Gasteiger partial charge in [0.15, 0.2) is 5.78 Å². The number of benzene rings is 1. The molecule has 6 nitrogen and oxygen atoms in total. The number of ketones is 1. The predicted molar refractivity (Wildman–Crippen MR) is 93.9 cm³/mol. The van der Waals surface area contributed by atoms with Crippen LogP contribution in [0.3, 0.4) is 0 Å². The molecule has 2 heterocycles. The Balaban J connectivity index is 1.74. The molecule has 25 heavy (non-hydrogen) atoms. The Labute approximate surface area is 146 Å². The van der Waals surface area contributed by atoms with Gasteiger partial charge in [0.2, 0.25) is 5.91 Å². The first-order chi connectivity index (χ1) is 12.1. The molecule has 1 aliphatic heterocycles. The van der Waals surface area contributed by atoms with E-state index in [1.54, 1.807) is 24.5 Å². The molecule has 1 atom stereocenters. The number of amides is 1. The van der Waals surface area contributed by atoms with Gasteiger partial charge in [0.25, 0.3) is 0 Å². The fraction of sp³-hybridized carbons (Fsp3) is 0.368. The predicted octanol–water partition coefficient (Wildman–Crippen LogP) is 2.78. The minimum Gasteiger partial charge on any atom is -0.486 e. The zero-order valence-electron chi connectivity index (χ0n) is 14.5. The summed E-state index contributed by atoms with van der Waals surface area (Å²) in [6.45, 7) is 4.75. The Morgan fingerprint density at radius 3 is 2.84 bits per heavy atom. The topological polar surface area (TPSA) is 71.8 Å². The third-order valence-corrected chi connectivity index (χ3v) is 4.25. The van der Waals surface area contributed by atoms with E-state index in [0.29, 0.717) is 30.2 Å². The fourth-order valence-electron chi connectivity index (χ4n) is 2.83. The molecule has 6 heteroatoms. The van der Waals surface area contributed by atoms with Crippen molar-refractivity contribution in [3.05, 3.63) is 47.9 Å². The lowest BCUT2D eigenvalue weighted by Crippen LogP contribution is -2.45. The summed E-state index contributed by atoms with van der Waals surface area (Å²) in [6, 6.07) is 8.96. The van der Waals surface area contributed by atoms with Crippen molar-refractivity contribution in [3.8, 4) is 5.75 Å². The molecule has 1 unspecified atom stereocenters. The summed E-state index contributed by atoms with van der Waals surface area (Å²) < 4.78 is 11.2. The number of hydrogen-bond donors (Lipinski definition) is 1. The van der Waals surface area contributed by atoms with E-state index in [0.717, 1.165) is 12.1 Å². The summed E-state index contributed by atoms with van der Waals surface area (Å²) in [4.78, 5) is 26.0. The van der Waals surface area contributed by atoms with Crippen LogP contribution in [-0.4, -0.2) is 30.9 Å². The molecule has 0 radical (unpaired) electrons. The average molecular weight is 342 g/mol. The second-order valence-corrected chi connectivity index (χ2v) is 6.12. The average Bonchev–Trinajstić information content (AvgIpc) is 3.13. The fourth-order valence-corrected chi connectivity index (χ4v) is 2.83. The van der Waals surface area contributed by atoms with Crippen molar-refractivity contribution >= 4 is 17.4 Å². The van der Waals surface area contributed by atoms with Gasteiger partial charge in [-0.25, -0.2) is 0 Å². The normalized spacial score (nSPS) is 16.1. The van der Waals surface area contributed by atoms with E-state index in [-0.39, 0.29) is 24.3 Å². The molecular weight excluding hydrogens is 320 g/mol. The van der Waals surface area contributed by atoms with E-state index in [4.69, 9.17) is 9.15 Å². The third kappa shape index (κ3) is 4.02. The van der Waals surface area contributed by atoms with Gasteiger partial charge in [-0.05, 0) is 43.7 Å². The zero-order valence-corrected chi connectivity index (χ0v) is 14.5. The van der Waals surface area contributed by atoms with Gasteiger partial charge >= 0.3 is 0 Å². The van der Waals surface area contributed by atoms with E-state index in [1.165, 1.54) is 6.92 Å². The number of carbonyl (C=O) groups excluding carboxylic acids is 2. The number of nitrogens with one attached hydrogen (secondary N) is 1. The highest BCUT2D eigenvalue weighted by atomic mass is 16.5. The van der Waals surface area contributed by atoms with Gasteiger partial charge in [-0.2, -0.15) is 0 Å². The number of ether oxygens (including phenoxy) is 1. The maximum absolute atomic E-state index is 12.3. The maximum atomic E-state index is 12.3. The number of fused-ring (bicyclic) bond motifs is 1. The highest BCUT2D eigenvalue weighted by molar-refractivity contribution is 5.96. The van der Waals surface area contributed by atoms with Crippen LogP contribution in [0, 0.1) is 0 Å². The van der Waals surface area contributed by atoms with E-state index in [9.17, 15) is 9.59 Å². The van der Waals surface area contributed by atoms with Crippen LogP contribution in [0.15, 0.2) is 41.0 Å². The first kappa shape index (κ1) is 17.1. The van der Waals surface area contributed by atoms with Crippen molar-refractivity contribution in [2.45, 2.75) is 32.9 Å². The Bertz CT molecular complexity index is 755. The summed E-state index contributed by atoms with van der Waals surface area (Å²) in [5, 5.41) is 2.85. The Kier molecular flexibility index (Phi) is 5.07. The Hall–Kier alpha value is -2.76. The standard InChI is InChI=1S/C19H22N2O4/c1-3-15-11-21(12-19(23)20-10-16-5-4-8-24-16)17-9-14(13(2)22)6-7-18(17)25-15/h4-9,15H,3,10-12H2,1-2H3,(H,20,23). The molecule has 0 fully saturated rings. The van der Waals surface area contributed by atoms with Crippen LogP contribution in [0.2, 0.25) is 0 Å². The summed E-state index contributed by atoms with van der Waals surface area (Å²) in [5.74, 6) is 1.30. The lowest BCUT2D eigenvalue weighted by atomic mass is 10.1. The lowest BCUT2D eigenvalue weighted by molar-refractivity contribution is -0.120. The number of carbonyl (C=O) groups is 2. The summed E-state index contributed by atoms with van der Waals surface area (Å²) in [6.07, 6.45) is 2.45. The molecule has 1 aromatic heterocycles. The van der Waals surface area contributed by atoms with Gasteiger partial charge in [0, 0.05) is 5.56 Å². The molecule has 2 aromatic rings. The summed E-state index contributed by atoms with van der Waals surface area (Å²) in [5.41, 5.74) is 1.39. The molecule has 3 rings (SSSR count). The lowest BCUT2D eigenvalue weighted by Gasteiger charge is -2.35. The highest BCUT2D eigenvalue weighted by Crippen LogP contribution is 2.35. The highest BCUT2D eigenvalue weighted by Gasteiger charge is 2.26. The van der Waals surface area contributed by atoms with Crippen LogP contribution in [-0.2, 0) is 11.3 Å². The van der Waals surface area contributed by atoms with Gasteiger partial charge in [-0.3, -0.25) is 9.59 Å². The van der Waals surface area contributed by atoms with Crippen molar-refractivity contribution in [3.63, 3.8) is 0 Å². The molecule has 1 N–H and O–H groups in total. The van der Waals surface area contributed by atoms with Crippen LogP contribution in [0.4, 0.5) is 5.69 Å². The first-order valence-corrected chi connectivity index (χ1v) is 8.42. The van der Waals surface area contributed by atoms with Gasteiger partial charge in [0.1, 0.15) is 17.6 Å². The number of nitrogens with zero attached hydrogens (tertiary/aromatic N) is 1. The van der Waals surface area contributed by atoms with Crippen LogP contribution >= 0.6 is 0 Å². The van der Waals surface area contributed by atoms with Crippen molar-refractivity contribution in [2.75, 3.05) is 18.0 Å². The number of Topliss-reactive ketones (excluding diaryl/α,β-unsaturated/α-hetero) is 1. The Morgan fingerprint density at radius 2 is 2.16 bits per heavy atom. The monoisotopic (exact) mass is 342 g/mol. The third-order valence-electron chi connectivity index (χ3n) is 4.25. The number of furan rings is 1. The van der Waals surface area contributed by atoms with Gasteiger partial charge in [0.05, 0.1) is 31.6 Å². The van der Waals surface area contributed by atoms with Crippen LogP contribution in [0.25, 0.3) is 0 Å². The van der Waals surface area contributed by atoms with Gasteiger partial charge < -0.3 is 19.4 Å². The number of anilines is 1. The molecule has 1 amide bonds. The quantitative estimate of drug-likeness (QED) is 0.817. The first-order valence-electron chi connectivity index (χ1n) is 8.42. The summed E-state index contributed by atoms with van der Waals surface area (Å²) in [7, 11) is 0. The van der Waals surface area contributed by atoms with Crippen LogP contribution in [0.5, 0.6) is 5.75 Å². The molecule has 0 saturated heterocycles. The number of rotatable bonds is 6. The van der Waals surface area contributed by atoms with Gasteiger partial charge in [-0.1, -0.05) is 6.92 Å². The zero-order chi connectivity index (χ0) is 17.8. The smallest absolute Gasteiger partial charge is 0.239 e. The molecule has 0 spiro atoms. The van der Waals surface area contributed by atoms with E-state index in [1.807, 2.05) is 17.0 Å². The second-order valence-electron chi connectivity index (χ2n) is 6.12. The van der Waals surface area contributed by atoms with E-state index < -0.39 is 0 Å². The molecule has 0 saturated carbocycles. The van der Waals surface area contributed by atoms with E-state index in [2.05, 4.69) is 12.2 Å². The van der Waals surface area contributed by atoms with Crippen molar-refractivity contribution in [1.82, 2.24) is 5.32 Å². The van der Waals surface area contributed by atoms with Crippen LogP contribution in [0.1, 0.15) is 36.4 Å². The van der Waals surface area contributed by atoms with E-state index >= 15 is 0 Å². The molecule has 1 aliphatic rings. The molecule has 1 aromatic carbocycles. The largest absolute Gasteiger partial charge is 0.486 e. The molecule has 0 aliphatic carbocycles. The van der Waals surface area contributed by atoms with Crippen molar-refractivity contribution in [1.29, 1.82) is 0 Å². The SMILES string of the molecule is CCC1CN(CC(=O)NCc2ccco2)c2cc(C(C)=O)ccc2O1. The number of hydrogen-bond acceptors (Lipinski definition) is 5. The summed E-state index contributed by atoms with van der Waals surface area (Å²) >= 11 is 0. The molecular formula is C19H22N2O4. The van der Waals surface area contributed by atoms with Crippen LogP contribution < -0.4 is 15.0 Å². The maximum Gasteiger partial charge on any atom is 0.239 e. The minimum atomic E-state index is -0.104. The minimum absolute atomic E-state index is 0.0114. The van der Waals surface area contributed by atoms with Gasteiger partial charge in [-0.15, -0.1) is 0 Å². The molecule has 0 bridgehead atoms.